The summed E-state index contributed by atoms with van der Waals surface area (Å²) in [4.78, 5) is 9.32. The molecule has 0 N–H and O–H groups in total. The number of rotatable bonds is 12. The van der Waals surface area contributed by atoms with Crippen molar-refractivity contribution in [1.82, 2.24) is 0 Å². The van der Waals surface area contributed by atoms with Gasteiger partial charge in [0.25, 0.3) is 0 Å². The minimum Gasteiger partial charge on any atom is -0.311 e. The fraction of sp³-hybridized carbons (Fsp3) is 0.0690. The molecule has 9 rings (SSSR count). The van der Waals surface area contributed by atoms with Crippen LogP contribution in [0.3, 0.4) is 0 Å². The maximum absolute atomic E-state index is 2.35. The normalized spacial score (nSPS) is 12.2. The van der Waals surface area contributed by atoms with Crippen molar-refractivity contribution >= 4 is 62.6 Å². The van der Waals surface area contributed by atoms with E-state index < -0.39 is 0 Å². The molecule has 0 unspecified atom stereocenters. The van der Waals surface area contributed by atoms with Crippen molar-refractivity contribution in [2.75, 3.05) is 19.6 Å². The Balaban J connectivity index is 1.14. The first-order valence-electron chi connectivity index (χ1n) is 21.3. The summed E-state index contributed by atoms with van der Waals surface area (Å²) >= 11 is 0. The summed E-state index contributed by atoms with van der Waals surface area (Å²) in [6, 6.07) is 76.0. The van der Waals surface area contributed by atoms with Crippen molar-refractivity contribution < 1.29 is 0 Å². The Hall–Kier alpha value is -7.82. The summed E-state index contributed by atoms with van der Waals surface area (Å²) in [5.74, 6) is 0. The molecule has 0 aromatic heterocycles. The van der Waals surface area contributed by atoms with E-state index in [0.717, 1.165) is 74.7 Å². The lowest BCUT2D eigenvalue weighted by Crippen LogP contribution is -2.16. The SMILES string of the molecule is CC1=CC(N(c2ccccc2)c2ccc(N(c3ccc(N(c4ccccc4)c4cccc(C)c4)cc3)c3ccc(N(c4ccccc4)c4cccc(C)c4)cc3)cc2)=CC=CC1. The lowest BCUT2D eigenvalue weighted by atomic mass is 10.1. The lowest BCUT2D eigenvalue weighted by molar-refractivity contribution is 1.17. The van der Waals surface area contributed by atoms with Crippen molar-refractivity contribution in [3.8, 4) is 0 Å². The number of anilines is 11. The van der Waals surface area contributed by atoms with Crippen LogP contribution in [-0.4, -0.2) is 0 Å². The first-order chi connectivity index (χ1) is 30.5. The molecule has 1 aliphatic rings. The topological polar surface area (TPSA) is 13.0 Å². The van der Waals surface area contributed by atoms with Crippen molar-refractivity contribution in [2.24, 2.45) is 0 Å². The molecule has 0 radical (unpaired) electrons. The second-order valence-electron chi connectivity index (χ2n) is 15.8. The van der Waals surface area contributed by atoms with E-state index in [1.54, 1.807) is 0 Å². The molecule has 8 aromatic rings. The Morgan fingerprint density at radius 3 is 0.984 bits per heavy atom. The standard InChI is InChI=1S/C58H50N4/c1-44-17-13-14-26-56(41-44)60(47-20-7-4-8-21-47)53-35-29-50(30-36-53)59(51-31-37-54(38-32-51)61(48-22-9-5-10-23-48)57-27-15-18-45(2)42-57)52-33-39-55(40-34-52)62(49-24-11-6-12-25-49)58-28-16-19-46(3)43-58/h4-16,18-43H,17H2,1-3H3. The monoisotopic (exact) mass is 802 g/mol. The van der Waals surface area contributed by atoms with Crippen molar-refractivity contribution in [3.05, 3.63) is 259 Å². The Bertz CT molecular complexity index is 2690. The Morgan fingerprint density at radius 2 is 0.613 bits per heavy atom. The molecular weight excluding hydrogens is 753 g/mol. The van der Waals surface area contributed by atoms with Crippen molar-refractivity contribution in [1.29, 1.82) is 0 Å². The molecule has 1 aliphatic carbocycles. The number of benzene rings is 8. The van der Waals surface area contributed by atoms with Crippen LogP contribution in [-0.2, 0) is 0 Å². The van der Waals surface area contributed by atoms with Gasteiger partial charge in [0.1, 0.15) is 0 Å². The van der Waals surface area contributed by atoms with Gasteiger partial charge in [0.15, 0.2) is 0 Å². The quantitative estimate of drug-likeness (QED) is 0.122. The first-order valence-corrected chi connectivity index (χ1v) is 21.3. The molecule has 302 valence electrons. The molecule has 0 aliphatic heterocycles. The molecule has 0 spiro atoms. The molecule has 0 bridgehead atoms. The molecule has 0 saturated heterocycles. The van der Waals surface area contributed by atoms with Crippen LogP contribution in [0.25, 0.3) is 0 Å². The third-order valence-corrected chi connectivity index (χ3v) is 11.2. The fourth-order valence-electron chi connectivity index (χ4n) is 8.23. The second-order valence-corrected chi connectivity index (χ2v) is 15.8. The van der Waals surface area contributed by atoms with Gasteiger partial charge in [-0.2, -0.15) is 0 Å². The number of hydrogen-bond acceptors (Lipinski definition) is 4. The average Bonchev–Trinajstić information content (AvgIpc) is 3.53. The van der Waals surface area contributed by atoms with Crippen molar-refractivity contribution in [3.63, 3.8) is 0 Å². The largest absolute Gasteiger partial charge is 0.311 e. The maximum Gasteiger partial charge on any atom is 0.0464 e. The lowest BCUT2D eigenvalue weighted by Gasteiger charge is -2.30. The minimum atomic E-state index is 0.941. The van der Waals surface area contributed by atoms with Gasteiger partial charge < -0.3 is 19.6 Å². The Labute approximate surface area is 366 Å². The zero-order valence-corrected chi connectivity index (χ0v) is 35.5. The molecule has 4 nitrogen and oxygen atoms in total. The zero-order chi connectivity index (χ0) is 42.3. The first kappa shape index (κ1) is 39.6. The third kappa shape index (κ3) is 8.72. The molecule has 62 heavy (non-hydrogen) atoms. The Kier molecular flexibility index (Phi) is 11.6. The van der Waals surface area contributed by atoms with E-state index in [9.17, 15) is 0 Å². The van der Waals surface area contributed by atoms with Gasteiger partial charge in [0, 0.05) is 68.3 Å². The van der Waals surface area contributed by atoms with Crippen LogP contribution >= 0.6 is 0 Å². The highest BCUT2D eigenvalue weighted by Gasteiger charge is 2.20. The van der Waals surface area contributed by atoms with E-state index >= 15 is 0 Å². The number of allylic oxidation sites excluding steroid dienone is 5. The zero-order valence-electron chi connectivity index (χ0n) is 35.5. The van der Waals surface area contributed by atoms with Gasteiger partial charge in [-0.05, 0) is 184 Å². The average molecular weight is 803 g/mol. The van der Waals surface area contributed by atoms with E-state index in [1.165, 1.54) is 16.7 Å². The van der Waals surface area contributed by atoms with E-state index in [2.05, 4.69) is 277 Å². The third-order valence-electron chi connectivity index (χ3n) is 11.2. The predicted molar refractivity (Wildman–Crippen MR) is 264 cm³/mol. The maximum atomic E-state index is 2.35. The number of hydrogen-bond donors (Lipinski definition) is 0. The van der Waals surface area contributed by atoms with Crippen LogP contribution in [0.15, 0.2) is 248 Å². The van der Waals surface area contributed by atoms with E-state index in [1.807, 2.05) is 0 Å². The van der Waals surface area contributed by atoms with Gasteiger partial charge in [-0.15, -0.1) is 0 Å². The van der Waals surface area contributed by atoms with E-state index in [0.29, 0.717) is 0 Å². The van der Waals surface area contributed by atoms with Crippen LogP contribution in [0.5, 0.6) is 0 Å². The van der Waals surface area contributed by atoms with Crippen molar-refractivity contribution in [2.45, 2.75) is 27.2 Å². The van der Waals surface area contributed by atoms with Gasteiger partial charge in [-0.1, -0.05) is 96.6 Å². The van der Waals surface area contributed by atoms with Crippen LogP contribution in [0.1, 0.15) is 24.5 Å². The van der Waals surface area contributed by atoms with E-state index in [-0.39, 0.29) is 0 Å². The molecule has 0 fully saturated rings. The minimum absolute atomic E-state index is 0.941. The van der Waals surface area contributed by atoms with Crippen LogP contribution in [0.4, 0.5) is 62.6 Å². The summed E-state index contributed by atoms with van der Waals surface area (Å²) in [5, 5.41) is 0. The van der Waals surface area contributed by atoms with Gasteiger partial charge >= 0.3 is 0 Å². The smallest absolute Gasteiger partial charge is 0.0464 e. The highest BCUT2D eigenvalue weighted by molar-refractivity contribution is 5.84. The van der Waals surface area contributed by atoms with Gasteiger partial charge in [0.2, 0.25) is 0 Å². The van der Waals surface area contributed by atoms with Gasteiger partial charge in [-0.25, -0.2) is 0 Å². The molecule has 8 aromatic carbocycles. The Morgan fingerprint density at radius 1 is 0.306 bits per heavy atom. The summed E-state index contributed by atoms with van der Waals surface area (Å²) < 4.78 is 0. The molecule has 0 atom stereocenters. The predicted octanol–water partition coefficient (Wildman–Crippen LogP) is 16.6. The van der Waals surface area contributed by atoms with Gasteiger partial charge in [-0.3, -0.25) is 0 Å². The summed E-state index contributed by atoms with van der Waals surface area (Å²) in [6.45, 7) is 6.49. The summed E-state index contributed by atoms with van der Waals surface area (Å²) in [6.07, 6.45) is 9.83. The van der Waals surface area contributed by atoms with E-state index in [4.69, 9.17) is 0 Å². The van der Waals surface area contributed by atoms with Crippen LogP contribution in [0.2, 0.25) is 0 Å². The number of aryl methyl sites for hydroxylation is 2. The fourth-order valence-corrected chi connectivity index (χ4v) is 8.23. The second kappa shape index (κ2) is 18.2. The molecule has 0 amide bonds. The highest BCUT2D eigenvalue weighted by atomic mass is 15.2. The molecule has 0 saturated carbocycles. The molecule has 0 heterocycles. The molecule has 4 heteroatoms. The van der Waals surface area contributed by atoms with Crippen LogP contribution in [0, 0.1) is 13.8 Å². The summed E-state index contributed by atoms with van der Waals surface area (Å²) in [5.41, 5.74) is 16.9. The van der Waals surface area contributed by atoms with Crippen LogP contribution < -0.4 is 19.6 Å². The highest BCUT2D eigenvalue weighted by Crippen LogP contribution is 2.42. The number of nitrogens with zero attached hydrogens (tertiary/aromatic N) is 4. The number of para-hydroxylation sites is 3. The molecular formula is C58H50N4. The van der Waals surface area contributed by atoms with Gasteiger partial charge in [0.05, 0.1) is 0 Å². The summed E-state index contributed by atoms with van der Waals surface area (Å²) in [7, 11) is 0.